The number of nitrogens with one attached hydrogen (secondary N) is 1. The monoisotopic (exact) mass is 394 g/mol. The summed E-state index contributed by atoms with van der Waals surface area (Å²) in [6.07, 6.45) is 2.19. The lowest BCUT2D eigenvalue weighted by Gasteiger charge is -2.31. The number of hydrogen-bond donors (Lipinski definition) is 1. The van der Waals surface area contributed by atoms with Gasteiger partial charge in [-0.1, -0.05) is 29.3 Å². The molecule has 7 heteroatoms. The molecule has 2 aromatic rings. The third-order valence-corrected chi connectivity index (χ3v) is 5.06. The molecule has 0 amide bonds. The fourth-order valence-corrected chi connectivity index (χ4v) is 3.77. The van der Waals surface area contributed by atoms with Crippen LogP contribution in [0.4, 0.5) is 5.82 Å². The van der Waals surface area contributed by atoms with Crippen LogP contribution in [0, 0.1) is 6.92 Å². The zero-order chi connectivity index (χ0) is 18.8. The first-order valence-electron chi connectivity index (χ1n) is 8.73. The predicted molar refractivity (Wildman–Crippen MR) is 109 cm³/mol. The van der Waals surface area contributed by atoms with Crippen molar-refractivity contribution in [3.8, 4) is 11.1 Å². The Hall–Kier alpha value is -1.69. The Balaban J connectivity index is 2.10. The Labute approximate surface area is 164 Å². The predicted octanol–water partition coefficient (Wildman–Crippen LogP) is 4.75. The van der Waals surface area contributed by atoms with Crippen LogP contribution in [-0.4, -0.2) is 47.5 Å². The van der Waals surface area contributed by atoms with Crippen molar-refractivity contribution < 1.29 is 4.74 Å². The van der Waals surface area contributed by atoms with Crippen molar-refractivity contribution in [1.29, 1.82) is 0 Å². The van der Waals surface area contributed by atoms with Crippen LogP contribution in [0.3, 0.4) is 0 Å². The normalized spacial score (nSPS) is 16.1. The first-order chi connectivity index (χ1) is 12.5. The van der Waals surface area contributed by atoms with Crippen molar-refractivity contribution in [1.82, 2.24) is 14.7 Å². The molecule has 3 rings (SSSR count). The van der Waals surface area contributed by atoms with Gasteiger partial charge in [-0.3, -0.25) is 0 Å². The van der Waals surface area contributed by atoms with E-state index >= 15 is 0 Å². The molecule has 140 valence electrons. The molecular formula is C19H24Cl2N4O. The summed E-state index contributed by atoms with van der Waals surface area (Å²) in [6.45, 7) is 8.61. The van der Waals surface area contributed by atoms with Gasteiger partial charge in [0.2, 0.25) is 0 Å². The third-order valence-electron chi connectivity index (χ3n) is 4.51. The molecule has 0 bridgehead atoms. The highest BCUT2D eigenvalue weighted by Crippen LogP contribution is 2.40. The fraction of sp³-hybridized carbons (Fsp3) is 0.421. The Morgan fingerprint density at radius 1 is 1.35 bits per heavy atom. The van der Waals surface area contributed by atoms with E-state index in [1.165, 1.54) is 0 Å². The van der Waals surface area contributed by atoms with Crippen LogP contribution >= 0.6 is 23.2 Å². The quantitative estimate of drug-likeness (QED) is 0.767. The van der Waals surface area contributed by atoms with Crippen LogP contribution in [0.25, 0.3) is 16.9 Å². The Morgan fingerprint density at radius 3 is 2.77 bits per heavy atom. The van der Waals surface area contributed by atoms with Crippen LogP contribution in [-0.2, 0) is 4.74 Å². The highest BCUT2D eigenvalue weighted by molar-refractivity contribution is 6.36. The number of aromatic nitrogens is 2. The van der Waals surface area contributed by atoms with Crippen molar-refractivity contribution in [3.05, 3.63) is 40.0 Å². The van der Waals surface area contributed by atoms with Gasteiger partial charge >= 0.3 is 0 Å². The molecule has 0 saturated heterocycles. The number of hydrogen-bond acceptors (Lipinski definition) is 4. The van der Waals surface area contributed by atoms with E-state index in [4.69, 9.17) is 33.0 Å². The average Bonchev–Trinajstić information content (AvgIpc) is 2.91. The van der Waals surface area contributed by atoms with Gasteiger partial charge in [0.25, 0.3) is 0 Å². The average molecular weight is 395 g/mol. The maximum Gasteiger partial charge on any atom is 0.140 e. The number of aryl methyl sites for hydroxylation is 1. The second-order valence-electron chi connectivity index (χ2n) is 6.38. The van der Waals surface area contributed by atoms with E-state index in [1.54, 1.807) is 13.2 Å². The van der Waals surface area contributed by atoms with E-state index in [-0.39, 0.29) is 6.04 Å². The van der Waals surface area contributed by atoms with Gasteiger partial charge in [-0.2, -0.15) is 5.10 Å². The maximum absolute atomic E-state index is 6.48. The Bertz CT molecular complexity index is 831. The minimum absolute atomic E-state index is 0.176. The second-order valence-corrected chi connectivity index (χ2v) is 7.22. The summed E-state index contributed by atoms with van der Waals surface area (Å²) < 4.78 is 7.23. The van der Waals surface area contributed by atoms with Gasteiger partial charge in [0.1, 0.15) is 11.6 Å². The van der Waals surface area contributed by atoms with Gasteiger partial charge in [0, 0.05) is 42.4 Å². The molecule has 1 unspecified atom stereocenters. The lowest BCUT2D eigenvalue weighted by atomic mass is 10.0. The first kappa shape index (κ1) is 19.1. The van der Waals surface area contributed by atoms with E-state index in [9.17, 15) is 0 Å². The topological polar surface area (TPSA) is 42.3 Å². The summed E-state index contributed by atoms with van der Waals surface area (Å²) >= 11 is 12.5. The Morgan fingerprint density at radius 2 is 2.12 bits per heavy atom. The third kappa shape index (κ3) is 3.56. The number of ether oxygens (including phenoxy) is 1. The molecule has 0 spiro atoms. The number of anilines is 1. The van der Waals surface area contributed by atoms with Crippen LogP contribution in [0.2, 0.25) is 10.0 Å². The number of rotatable bonds is 6. The molecule has 2 heterocycles. The van der Waals surface area contributed by atoms with Gasteiger partial charge in [0.15, 0.2) is 0 Å². The smallest absolute Gasteiger partial charge is 0.140 e. The van der Waals surface area contributed by atoms with E-state index in [2.05, 4.69) is 30.1 Å². The van der Waals surface area contributed by atoms with E-state index in [0.717, 1.165) is 41.5 Å². The number of methoxy groups -OCH3 is 1. The van der Waals surface area contributed by atoms with E-state index < -0.39 is 0 Å². The molecule has 0 fully saturated rings. The largest absolute Gasteiger partial charge is 0.383 e. The van der Waals surface area contributed by atoms with Gasteiger partial charge < -0.3 is 15.0 Å². The number of halogens is 2. The van der Waals surface area contributed by atoms with Crippen molar-refractivity contribution in [2.45, 2.75) is 26.8 Å². The molecule has 1 aromatic heterocycles. The van der Waals surface area contributed by atoms with Gasteiger partial charge in [-0.15, -0.1) is 0 Å². The van der Waals surface area contributed by atoms with Crippen LogP contribution in [0.5, 0.6) is 0 Å². The number of fused-ring (bicyclic) bond motifs is 1. The number of benzene rings is 1. The van der Waals surface area contributed by atoms with Crippen LogP contribution < -0.4 is 5.32 Å². The minimum atomic E-state index is 0.176. The summed E-state index contributed by atoms with van der Waals surface area (Å²) in [4.78, 5) is 2.27. The van der Waals surface area contributed by atoms with Gasteiger partial charge in [0.05, 0.1) is 17.3 Å². The Kier molecular flexibility index (Phi) is 5.80. The highest BCUT2D eigenvalue weighted by Gasteiger charge is 2.27. The van der Waals surface area contributed by atoms with Crippen molar-refractivity contribution >= 4 is 34.8 Å². The summed E-state index contributed by atoms with van der Waals surface area (Å²) in [5, 5.41) is 9.57. The second kappa shape index (κ2) is 7.91. The molecule has 0 aliphatic carbocycles. The highest BCUT2D eigenvalue weighted by atomic mass is 35.5. The molecule has 5 nitrogen and oxygen atoms in total. The number of nitrogens with zero attached hydrogens (tertiary/aromatic N) is 3. The van der Waals surface area contributed by atoms with Crippen molar-refractivity contribution in [3.63, 3.8) is 0 Å². The standard InChI is InChI=1S/C19H24Cl2N4O/c1-5-24(8-9-26-4)17-10-12(2)22-19-18(13(3)23-25(17)19)15-7-6-14(20)11-16(15)21/h6-7,10-12,22H,5,8-9H2,1-4H3. The lowest BCUT2D eigenvalue weighted by Crippen LogP contribution is -2.34. The molecule has 1 aliphatic rings. The maximum atomic E-state index is 6.48. The first-order valence-corrected chi connectivity index (χ1v) is 9.49. The molecule has 0 radical (unpaired) electrons. The molecule has 1 N–H and O–H groups in total. The fourth-order valence-electron chi connectivity index (χ4n) is 3.27. The van der Waals surface area contributed by atoms with E-state index in [1.807, 2.05) is 23.7 Å². The van der Waals surface area contributed by atoms with Crippen molar-refractivity contribution in [2.75, 3.05) is 32.1 Å². The van der Waals surface area contributed by atoms with Gasteiger partial charge in [-0.05, 0) is 39.0 Å². The molecular weight excluding hydrogens is 371 g/mol. The van der Waals surface area contributed by atoms with Crippen molar-refractivity contribution in [2.24, 2.45) is 0 Å². The zero-order valence-electron chi connectivity index (χ0n) is 15.5. The van der Waals surface area contributed by atoms with Crippen LogP contribution in [0.1, 0.15) is 19.5 Å². The van der Waals surface area contributed by atoms with E-state index in [0.29, 0.717) is 16.7 Å². The molecule has 1 aromatic carbocycles. The summed E-state index contributed by atoms with van der Waals surface area (Å²) in [7, 11) is 1.72. The summed E-state index contributed by atoms with van der Waals surface area (Å²) in [6, 6.07) is 5.74. The van der Waals surface area contributed by atoms with Gasteiger partial charge in [-0.25, -0.2) is 4.68 Å². The molecule has 1 aliphatic heterocycles. The molecule has 1 atom stereocenters. The summed E-state index contributed by atoms with van der Waals surface area (Å²) in [5.41, 5.74) is 2.85. The van der Waals surface area contributed by atoms with Crippen LogP contribution in [0.15, 0.2) is 24.3 Å². The minimum Gasteiger partial charge on any atom is -0.383 e. The molecule has 26 heavy (non-hydrogen) atoms. The SMILES string of the molecule is CCN(CCOC)C1=CC(C)Nc2c(-c3ccc(Cl)cc3Cl)c(C)nn21. The molecule has 0 saturated carbocycles. The summed E-state index contributed by atoms with van der Waals surface area (Å²) in [5.74, 6) is 2.01. The lowest BCUT2D eigenvalue weighted by molar-refractivity contribution is 0.172. The zero-order valence-corrected chi connectivity index (χ0v) is 17.0. The number of likely N-dealkylation sites (N-methyl/N-ethyl adjacent to an activating group) is 1.